The topological polar surface area (TPSA) is 68.2 Å². The molecule has 0 radical (unpaired) electrons. The van der Waals surface area contributed by atoms with Crippen molar-refractivity contribution < 1.29 is 4.42 Å². The van der Waals surface area contributed by atoms with Gasteiger partial charge in [0, 0.05) is 12.7 Å². The van der Waals surface area contributed by atoms with Crippen molar-refractivity contribution in [3.8, 4) is 0 Å². The van der Waals surface area contributed by atoms with Gasteiger partial charge in [0.25, 0.3) is 0 Å². The monoisotopic (exact) mass is 246 g/mol. The molecule has 5 heteroatoms. The molecule has 0 aliphatic rings. The van der Waals surface area contributed by atoms with Crippen LogP contribution < -0.4 is 10.6 Å². The minimum absolute atomic E-state index is 0.251. The van der Waals surface area contributed by atoms with E-state index in [1.54, 1.807) is 0 Å². The number of benzene rings is 1. The van der Waals surface area contributed by atoms with E-state index in [9.17, 15) is 0 Å². The minimum Gasteiger partial charge on any atom is -0.406 e. The summed E-state index contributed by atoms with van der Waals surface area (Å²) in [5, 5.41) is 7.93. The predicted octanol–water partition coefficient (Wildman–Crippen LogP) is 2.47. The van der Waals surface area contributed by atoms with Crippen molar-refractivity contribution in [3.63, 3.8) is 0 Å². The van der Waals surface area contributed by atoms with Gasteiger partial charge in [0.05, 0.1) is 6.04 Å². The molecule has 0 aliphatic carbocycles. The van der Waals surface area contributed by atoms with Crippen LogP contribution in [0.2, 0.25) is 0 Å². The van der Waals surface area contributed by atoms with Crippen LogP contribution in [0.5, 0.6) is 0 Å². The van der Waals surface area contributed by atoms with Gasteiger partial charge in [-0.05, 0) is 32.4 Å². The molecule has 0 fully saturated rings. The SMILES string of the molecule is Cc1ccc(N(C)c2nnc(C(C)N)o2)c(C)c1. The van der Waals surface area contributed by atoms with Crippen molar-refractivity contribution in [2.75, 3.05) is 11.9 Å². The summed E-state index contributed by atoms with van der Waals surface area (Å²) < 4.78 is 5.53. The molecule has 0 aliphatic heterocycles. The fraction of sp³-hybridized carbons (Fsp3) is 0.385. The number of nitrogens with zero attached hydrogens (tertiary/aromatic N) is 3. The van der Waals surface area contributed by atoms with Gasteiger partial charge in [0.15, 0.2) is 0 Å². The van der Waals surface area contributed by atoms with E-state index in [2.05, 4.69) is 36.2 Å². The van der Waals surface area contributed by atoms with Crippen molar-refractivity contribution in [2.45, 2.75) is 26.8 Å². The second-order valence-electron chi connectivity index (χ2n) is 4.56. The molecule has 0 bridgehead atoms. The maximum Gasteiger partial charge on any atom is 0.322 e. The highest BCUT2D eigenvalue weighted by Crippen LogP contribution is 2.27. The van der Waals surface area contributed by atoms with Crippen LogP contribution >= 0.6 is 0 Å². The van der Waals surface area contributed by atoms with Gasteiger partial charge in [-0.1, -0.05) is 22.8 Å². The lowest BCUT2D eigenvalue weighted by Crippen LogP contribution is -2.11. The highest BCUT2D eigenvalue weighted by atomic mass is 16.4. The van der Waals surface area contributed by atoms with Crippen molar-refractivity contribution in [1.29, 1.82) is 0 Å². The van der Waals surface area contributed by atoms with E-state index in [4.69, 9.17) is 10.2 Å². The molecule has 96 valence electrons. The number of aryl methyl sites for hydroxylation is 2. The maximum atomic E-state index is 5.70. The Morgan fingerprint density at radius 2 is 2.00 bits per heavy atom. The fourth-order valence-corrected chi connectivity index (χ4v) is 1.83. The fourth-order valence-electron chi connectivity index (χ4n) is 1.83. The summed E-state index contributed by atoms with van der Waals surface area (Å²) >= 11 is 0. The molecule has 18 heavy (non-hydrogen) atoms. The Kier molecular flexibility index (Phi) is 3.34. The number of nitrogens with two attached hydrogens (primary N) is 1. The van der Waals surface area contributed by atoms with Gasteiger partial charge in [0.2, 0.25) is 5.89 Å². The lowest BCUT2D eigenvalue weighted by Gasteiger charge is -2.17. The first-order valence-electron chi connectivity index (χ1n) is 5.89. The molecule has 0 saturated heterocycles. The molecule has 1 heterocycles. The molecule has 0 saturated carbocycles. The molecule has 5 nitrogen and oxygen atoms in total. The molecule has 2 rings (SSSR count). The Bertz CT molecular complexity index is 548. The van der Waals surface area contributed by atoms with Crippen LogP contribution in [0.25, 0.3) is 0 Å². The average molecular weight is 246 g/mol. The number of hydrogen-bond donors (Lipinski definition) is 1. The molecule has 2 aromatic rings. The number of aromatic nitrogens is 2. The Hall–Kier alpha value is -1.88. The summed E-state index contributed by atoms with van der Waals surface area (Å²) in [6.45, 7) is 5.94. The molecule has 1 atom stereocenters. The first-order chi connectivity index (χ1) is 8.49. The summed E-state index contributed by atoms with van der Waals surface area (Å²) in [7, 11) is 1.90. The van der Waals surface area contributed by atoms with Crippen LogP contribution in [-0.4, -0.2) is 17.2 Å². The lowest BCUT2D eigenvalue weighted by molar-refractivity contribution is 0.467. The Balaban J connectivity index is 2.32. The van der Waals surface area contributed by atoms with Crippen LogP contribution in [0.3, 0.4) is 0 Å². The zero-order chi connectivity index (χ0) is 13.3. The molecule has 0 amide bonds. The highest BCUT2D eigenvalue weighted by Gasteiger charge is 2.15. The van der Waals surface area contributed by atoms with Gasteiger partial charge in [-0.15, -0.1) is 5.10 Å². The van der Waals surface area contributed by atoms with Crippen molar-refractivity contribution in [1.82, 2.24) is 10.2 Å². The normalized spacial score (nSPS) is 12.5. The van der Waals surface area contributed by atoms with E-state index in [0.29, 0.717) is 11.9 Å². The average Bonchev–Trinajstić information content (AvgIpc) is 2.77. The van der Waals surface area contributed by atoms with Crippen LogP contribution in [0.1, 0.15) is 30.0 Å². The Morgan fingerprint density at radius 1 is 1.28 bits per heavy atom. The minimum atomic E-state index is -0.251. The lowest BCUT2D eigenvalue weighted by atomic mass is 10.1. The summed E-state index contributed by atoms with van der Waals surface area (Å²) in [4.78, 5) is 1.87. The second kappa shape index (κ2) is 4.78. The van der Waals surface area contributed by atoms with Gasteiger partial charge >= 0.3 is 6.01 Å². The number of anilines is 2. The standard InChI is InChI=1S/C13H18N4O/c1-8-5-6-11(9(2)7-8)17(4)13-16-15-12(18-13)10(3)14/h5-7,10H,14H2,1-4H3. The third kappa shape index (κ3) is 2.36. The highest BCUT2D eigenvalue weighted by molar-refractivity contribution is 5.60. The van der Waals surface area contributed by atoms with Gasteiger partial charge in [-0.3, -0.25) is 4.90 Å². The summed E-state index contributed by atoms with van der Waals surface area (Å²) in [6.07, 6.45) is 0. The van der Waals surface area contributed by atoms with Gasteiger partial charge in [0.1, 0.15) is 0 Å². The van der Waals surface area contributed by atoms with Crippen molar-refractivity contribution in [2.24, 2.45) is 5.73 Å². The molecular formula is C13H18N4O. The smallest absolute Gasteiger partial charge is 0.322 e. The second-order valence-corrected chi connectivity index (χ2v) is 4.56. The largest absolute Gasteiger partial charge is 0.406 e. The summed E-state index contributed by atoms with van der Waals surface area (Å²) in [6, 6.07) is 6.42. The van der Waals surface area contributed by atoms with Crippen molar-refractivity contribution >= 4 is 11.7 Å². The van der Waals surface area contributed by atoms with Crippen LogP contribution in [0.4, 0.5) is 11.7 Å². The van der Waals surface area contributed by atoms with E-state index in [0.717, 1.165) is 11.3 Å². The molecule has 1 aromatic heterocycles. The van der Waals surface area contributed by atoms with Gasteiger partial charge in [-0.25, -0.2) is 0 Å². The maximum absolute atomic E-state index is 5.70. The molecule has 1 aromatic carbocycles. The predicted molar refractivity (Wildman–Crippen MR) is 70.9 cm³/mol. The van der Waals surface area contributed by atoms with Crippen molar-refractivity contribution in [3.05, 3.63) is 35.2 Å². The van der Waals surface area contributed by atoms with Crippen LogP contribution in [0, 0.1) is 13.8 Å². The van der Waals surface area contributed by atoms with E-state index in [-0.39, 0.29) is 6.04 Å². The quantitative estimate of drug-likeness (QED) is 0.901. The van der Waals surface area contributed by atoms with E-state index in [1.165, 1.54) is 5.56 Å². The van der Waals surface area contributed by atoms with Gasteiger partial charge < -0.3 is 10.2 Å². The zero-order valence-corrected chi connectivity index (χ0v) is 11.1. The van der Waals surface area contributed by atoms with E-state index in [1.807, 2.05) is 24.9 Å². The zero-order valence-electron chi connectivity index (χ0n) is 11.1. The number of rotatable bonds is 3. The molecule has 0 spiro atoms. The van der Waals surface area contributed by atoms with E-state index < -0.39 is 0 Å². The van der Waals surface area contributed by atoms with Crippen LogP contribution in [-0.2, 0) is 0 Å². The Morgan fingerprint density at radius 3 is 2.56 bits per heavy atom. The summed E-state index contributed by atoms with van der Waals surface area (Å²) in [5.74, 6) is 0.446. The number of hydrogen-bond acceptors (Lipinski definition) is 5. The van der Waals surface area contributed by atoms with Gasteiger partial charge in [-0.2, -0.15) is 0 Å². The summed E-state index contributed by atoms with van der Waals surface area (Å²) in [5.41, 5.74) is 9.14. The third-order valence-corrected chi connectivity index (χ3v) is 2.82. The molecular weight excluding hydrogens is 228 g/mol. The van der Waals surface area contributed by atoms with E-state index >= 15 is 0 Å². The molecule has 2 N–H and O–H groups in total. The Labute approximate surface area is 107 Å². The molecule has 1 unspecified atom stereocenters. The first kappa shape index (κ1) is 12.6. The van der Waals surface area contributed by atoms with Crippen LogP contribution in [0.15, 0.2) is 22.6 Å². The first-order valence-corrected chi connectivity index (χ1v) is 5.89. The third-order valence-electron chi connectivity index (χ3n) is 2.82.